The van der Waals surface area contributed by atoms with Crippen LogP contribution < -0.4 is 10.2 Å². The zero-order valence-corrected chi connectivity index (χ0v) is 17.2. The molecule has 0 aliphatic carbocycles. The molecule has 2 aromatic carbocycles. The minimum atomic E-state index is -0.316. The van der Waals surface area contributed by atoms with Gasteiger partial charge in [0.2, 0.25) is 11.8 Å². The lowest BCUT2D eigenvalue weighted by molar-refractivity contribution is -0.134. The van der Waals surface area contributed by atoms with Gasteiger partial charge in [-0.15, -0.1) is 0 Å². The molecule has 1 fully saturated rings. The number of benzene rings is 2. The monoisotopic (exact) mass is 397 g/mol. The number of nitrogens with one attached hydrogen (secondary N) is 1. The lowest BCUT2D eigenvalue weighted by Crippen LogP contribution is -2.49. The molecule has 6 heteroatoms. The molecule has 0 atom stereocenters. The van der Waals surface area contributed by atoms with E-state index in [1.54, 1.807) is 23.1 Å². The van der Waals surface area contributed by atoms with Crippen molar-refractivity contribution in [1.82, 2.24) is 4.90 Å². The molecule has 1 aliphatic heterocycles. The largest absolute Gasteiger partial charge is 0.366 e. The summed E-state index contributed by atoms with van der Waals surface area (Å²) in [6.07, 6.45) is -0.196. The third kappa shape index (κ3) is 5.13. The van der Waals surface area contributed by atoms with Crippen molar-refractivity contribution in [2.75, 3.05) is 36.4 Å². The maximum absolute atomic E-state index is 14.0. The molecule has 0 aromatic heterocycles. The summed E-state index contributed by atoms with van der Waals surface area (Å²) in [5, 5.41) is 2.88. The van der Waals surface area contributed by atoms with Crippen LogP contribution in [0.15, 0.2) is 48.5 Å². The molecule has 1 saturated heterocycles. The first-order chi connectivity index (χ1) is 13.8. The summed E-state index contributed by atoms with van der Waals surface area (Å²) in [5.74, 6) is -0.781. The molecule has 0 saturated carbocycles. The van der Waals surface area contributed by atoms with Crippen LogP contribution in [0.1, 0.15) is 32.8 Å². The summed E-state index contributed by atoms with van der Waals surface area (Å²) in [6.45, 7) is 8.27. The van der Waals surface area contributed by atoms with E-state index in [2.05, 4.69) is 26.1 Å². The number of carbonyl (C=O) groups is 2. The Kier molecular flexibility index (Phi) is 6.20. The molecule has 5 nitrogen and oxygen atoms in total. The molecular weight excluding hydrogens is 369 g/mol. The number of piperazine rings is 1. The highest BCUT2D eigenvalue weighted by atomic mass is 19.1. The molecule has 0 radical (unpaired) electrons. The molecule has 2 amide bonds. The van der Waals surface area contributed by atoms with Crippen molar-refractivity contribution in [3.8, 4) is 0 Å². The van der Waals surface area contributed by atoms with E-state index in [4.69, 9.17) is 0 Å². The lowest BCUT2D eigenvalue weighted by atomic mass is 9.86. The van der Waals surface area contributed by atoms with E-state index in [0.717, 1.165) is 11.3 Å². The molecule has 0 spiro atoms. The highest BCUT2D eigenvalue weighted by Crippen LogP contribution is 2.29. The van der Waals surface area contributed by atoms with Crippen molar-refractivity contribution < 1.29 is 14.0 Å². The van der Waals surface area contributed by atoms with Gasteiger partial charge in [0.15, 0.2) is 0 Å². The van der Waals surface area contributed by atoms with Crippen LogP contribution >= 0.6 is 0 Å². The van der Waals surface area contributed by atoms with Gasteiger partial charge in [-0.25, -0.2) is 4.39 Å². The Hall–Kier alpha value is -2.89. The van der Waals surface area contributed by atoms with Crippen LogP contribution in [0.5, 0.6) is 0 Å². The molecule has 0 bridgehead atoms. The van der Waals surface area contributed by atoms with Crippen LogP contribution in [0, 0.1) is 5.82 Å². The fourth-order valence-corrected chi connectivity index (χ4v) is 3.59. The van der Waals surface area contributed by atoms with E-state index in [0.29, 0.717) is 31.9 Å². The summed E-state index contributed by atoms with van der Waals surface area (Å²) in [5.41, 5.74) is 2.20. The Bertz CT molecular complexity index is 884. The molecule has 154 valence electrons. The topological polar surface area (TPSA) is 52.7 Å². The normalized spacial score (nSPS) is 14.6. The first-order valence-electron chi connectivity index (χ1n) is 9.92. The molecule has 0 unspecified atom stereocenters. The minimum Gasteiger partial charge on any atom is -0.366 e. The third-order valence-corrected chi connectivity index (χ3v) is 5.15. The van der Waals surface area contributed by atoms with Crippen molar-refractivity contribution in [3.05, 3.63) is 59.9 Å². The first-order valence-corrected chi connectivity index (χ1v) is 9.92. The predicted octanol–water partition coefficient (Wildman–Crippen LogP) is 3.80. The second kappa shape index (κ2) is 8.64. The van der Waals surface area contributed by atoms with Crippen LogP contribution in [0.25, 0.3) is 0 Å². The quantitative estimate of drug-likeness (QED) is 0.799. The Morgan fingerprint density at radius 2 is 1.59 bits per heavy atom. The molecule has 1 N–H and O–H groups in total. The number of nitrogens with zero attached hydrogens (tertiary/aromatic N) is 2. The van der Waals surface area contributed by atoms with Gasteiger partial charge in [-0.3, -0.25) is 9.59 Å². The summed E-state index contributed by atoms with van der Waals surface area (Å²) in [4.78, 5) is 28.6. The van der Waals surface area contributed by atoms with E-state index in [9.17, 15) is 14.0 Å². The number of carbonyl (C=O) groups excluding carboxylic acids is 2. The van der Waals surface area contributed by atoms with Crippen LogP contribution in [-0.2, 0) is 15.0 Å². The highest BCUT2D eigenvalue weighted by molar-refractivity contribution is 6.04. The van der Waals surface area contributed by atoms with Gasteiger partial charge in [0.25, 0.3) is 0 Å². The van der Waals surface area contributed by atoms with E-state index < -0.39 is 0 Å². The summed E-state index contributed by atoms with van der Waals surface area (Å²) < 4.78 is 14.0. The van der Waals surface area contributed by atoms with Crippen molar-refractivity contribution in [1.29, 1.82) is 0 Å². The Morgan fingerprint density at radius 1 is 0.966 bits per heavy atom. The van der Waals surface area contributed by atoms with Crippen LogP contribution in [0.3, 0.4) is 0 Å². The van der Waals surface area contributed by atoms with Gasteiger partial charge in [0.1, 0.15) is 12.2 Å². The summed E-state index contributed by atoms with van der Waals surface area (Å²) in [7, 11) is 0. The van der Waals surface area contributed by atoms with Gasteiger partial charge in [-0.2, -0.15) is 0 Å². The van der Waals surface area contributed by atoms with Gasteiger partial charge in [-0.05, 0) is 29.2 Å². The Balaban J connectivity index is 1.55. The fraction of sp³-hybridized carbons (Fsp3) is 0.391. The fourth-order valence-electron chi connectivity index (χ4n) is 3.59. The number of halogens is 1. The number of rotatable bonds is 4. The standard InChI is InChI=1S/C23H28FN3O2/c1-23(2,3)17-8-4-6-10-19(17)25-21(28)16-22(29)27-14-12-26(13-15-27)20-11-7-5-9-18(20)24/h4-11H,12-16H2,1-3H3,(H,25,28). The van der Waals surface area contributed by atoms with E-state index in [1.807, 2.05) is 29.2 Å². The van der Waals surface area contributed by atoms with Crippen LogP contribution in [-0.4, -0.2) is 42.9 Å². The van der Waals surface area contributed by atoms with Crippen molar-refractivity contribution in [2.24, 2.45) is 0 Å². The average Bonchev–Trinajstić information content (AvgIpc) is 2.68. The maximum Gasteiger partial charge on any atom is 0.233 e. The van der Waals surface area contributed by atoms with E-state index >= 15 is 0 Å². The Labute approximate surface area is 171 Å². The first kappa shape index (κ1) is 20.8. The second-order valence-electron chi connectivity index (χ2n) is 8.34. The van der Waals surface area contributed by atoms with E-state index in [-0.39, 0.29) is 29.5 Å². The van der Waals surface area contributed by atoms with Crippen LogP contribution in [0.2, 0.25) is 0 Å². The number of anilines is 2. The SMILES string of the molecule is CC(C)(C)c1ccccc1NC(=O)CC(=O)N1CCN(c2ccccc2F)CC1. The molecule has 3 rings (SSSR count). The molecule has 29 heavy (non-hydrogen) atoms. The highest BCUT2D eigenvalue weighted by Gasteiger charge is 2.25. The molecule has 1 aliphatic rings. The van der Waals surface area contributed by atoms with Gasteiger partial charge in [-0.1, -0.05) is 51.1 Å². The predicted molar refractivity (Wildman–Crippen MR) is 114 cm³/mol. The van der Waals surface area contributed by atoms with Gasteiger partial charge in [0, 0.05) is 31.9 Å². The van der Waals surface area contributed by atoms with Gasteiger partial charge < -0.3 is 15.1 Å². The van der Waals surface area contributed by atoms with Crippen molar-refractivity contribution >= 4 is 23.2 Å². The zero-order chi connectivity index (χ0) is 21.0. The third-order valence-electron chi connectivity index (χ3n) is 5.15. The van der Waals surface area contributed by atoms with Gasteiger partial charge >= 0.3 is 0 Å². The zero-order valence-electron chi connectivity index (χ0n) is 17.2. The lowest BCUT2D eigenvalue weighted by Gasteiger charge is -2.36. The molecular formula is C23H28FN3O2. The number of hydrogen-bond acceptors (Lipinski definition) is 3. The second-order valence-corrected chi connectivity index (χ2v) is 8.34. The van der Waals surface area contributed by atoms with Crippen molar-refractivity contribution in [2.45, 2.75) is 32.6 Å². The number of para-hydroxylation sites is 2. The number of amides is 2. The maximum atomic E-state index is 14.0. The summed E-state index contributed by atoms with van der Waals surface area (Å²) in [6, 6.07) is 14.3. The van der Waals surface area contributed by atoms with E-state index in [1.165, 1.54) is 6.07 Å². The average molecular weight is 397 g/mol. The smallest absolute Gasteiger partial charge is 0.233 e. The minimum absolute atomic E-state index is 0.114. The molecule has 1 heterocycles. The van der Waals surface area contributed by atoms with Gasteiger partial charge in [0.05, 0.1) is 5.69 Å². The molecule has 2 aromatic rings. The van der Waals surface area contributed by atoms with Crippen molar-refractivity contribution in [3.63, 3.8) is 0 Å². The summed E-state index contributed by atoms with van der Waals surface area (Å²) >= 11 is 0. The number of hydrogen-bond donors (Lipinski definition) is 1. The Morgan fingerprint density at radius 3 is 2.24 bits per heavy atom. The van der Waals surface area contributed by atoms with Crippen LogP contribution in [0.4, 0.5) is 15.8 Å².